The van der Waals surface area contributed by atoms with E-state index < -0.39 is 0 Å². The molecule has 1 heterocycles. The van der Waals surface area contributed by atoms with Crippen LogP contribution in [0.2, 0.25) is 5.15 Å². The summed E-state index contributed by atoms with van der Waals surface area (Å²) >= 11 is 6.39. The summed E-state index contributed by atoms with van der Waals surface area (Å²) in [5.74, 6) is 0.655. The quantitative estimate of drug-likeness (QED) is 0.810. The molecule has 0 fully saturated rings. The van der Waals surface area contributed by atoms with Crippen LogP contribution in [-0.2, 0) is 13.5 Å². The minimum atomic E-state index is 0.333. The fraction of sp³-hybridized carbons (Fsp3) is 0.824. The molecule has 2 unspecified atom stereocenters. The zero-order chi connectivity index (χ0) is 16.2. The average Bonchev–Trinajstić information content (AvgIpc) is 2.61. The van der Waals surface area contributed by atoms with E-state index in [1.165, 1.54) is 5.56 Å². The predicted octanol–water partition coefficient (Wildman–Crippen LogP) is 4.36. The van der Waals surface area contributed by atoms with Crippen LogP contribution >= 0.6 is 11.6 Å². The topological polar surface area (TPSA) is 29.9 Å². The van der Waals surface area contributed by atoms with Gasteiger partial charge in [-0.05, 0) is 44.1 Å². The maximum absolute atomic E-state index is 6.39. The number of nitrogens with zero attached hydrogens (tertiary/aromatic N) is 2. The van der Waals surface area contributed by atoms with Crippen LogP contribution in [0.1, 0.15) is 58.7 Å². The van der Waals surface area contributed by atoms with E-state index in [2.05, 4.69) is 45.0 Å². The summed E-state index contributed by atoms with van der Waals surface area (Å²) in [4.78, 5) is 0. The zero-order valence-corrected chi connectivity index (χ0v) is 15.5. The maximum atomic E-state index is 6.39. The molecule has 1 N–H and O–H groups in total. The molecule has 0 radical (unpaired) electrons. The van der Waals surface area contributed by atoms with Crippen molar-refractivity contribution in [2.24, 2.45) is 18.4 Å². The number of nitrogens with one attached hydrogen (secondary N) is 1. The molecule has 122 valence electrons. The van der Waals surface area contributed by atoms with Gasteiger partial charge in [-0.15, -0.1) is 0 Å². The van der Waals surface area contributed by atoms with Crippen molar-refractivity contribution in [2.75, 3.05) is 6.54 Å². The molecular formula is C17H32ClN3. The summed E-state index contributed by atoms with van der Waals surface area (Å²) in [6, 6.07) is 0.458. The van der Waals surface area contributed by atoms with Crippen LogP contribution in [0.25, 0.3) is 0 Å². The third kappa shape index (κ3) is 5.30. The molecule has 2 atom stereocenters. The lowest BCUT2D eigenvalue weighted by molar-refractivity contribution is 0.222. The van der Waals surface area contributed by atoms with Crippen LogP contribution in [-0.4, -0.2) is 22.4 Å². The van der Waals surface area contributed by atoms with E-state index in [1.807, 2.05) is 14.0 Å². The second-order valence-corrected chi connectivity index (χ2v) is 7.69. The number of hydrogen-bond acceptors (Lipinski definition) is 2. The molecule has 0 spiro atoms. The summed E-state index contributed by atoms with van der Waals surface area (Å²) in [5.41, 5.74) is 2.57. The van der Waals surface area contributed by atoms with E-state index in [1.54, 1.807) is 4.68 Å². The molecule has 21 heavy (non-hydrogen) atoms. The maximum Gasteiger partial charge on any atom is 0.130 e. The van der Waals surface area contributed by atoms with Gasteiger partial charge >= 0.3 is 0 Å². The van der Waals surface area contributed by atoms with Gasteiger partial charge in [0.15, 0.2) is 0 Å². The highest BCUT2D eigenvalue weighted by atomic mass is 35.5. The van der Waals surface area contributed by atoms with Gasteiger partial charge in [0.05, 0.1) is 5.69 Å². The fourth-order valence-electron chi connectivity index (χ4n) is 2.52. The highest BCUT2D eigenvalue weighted by molar-refractivity contribution is 6.30. The highest BCUT2D eigenvalue weighted by Crippen LogP contribution is 2.30. The Morgan fingerprint density at radius 2 is 1.95 bits per heavy atom. The standard InChI is InChI=1S/C17H32ClN3/c1-8-9-19-14(10-12(2)17(4,5)6)11-15-13(3)20-21(7)16(15)18/h12,14,19H,8-11H2,1-7H3. The Labute approximate surface area is 135 Å². The van der Waals surface area contributed by atoms with Gasteiger partial charge in [-0.1, -0.05) is 46.2 Å². The first-order chi connectivity index (χ1) is 9.66. The van der Waals surface area contributed by atoms with E-state index in [0.29, 0.717) is 17.4 Å². The van der Waals surface area contributed by atoms with Crippen molar-refractivity contribution in [3.63, 3.8) is 0 Å². The van der Waals surface area contributed by atoms with Crippen molar-refractivity contribution in [1.82, 2.24) is 15.1 Å². The third-order valence-electron chi connectivity index (χ3n) is 4.52. The fourth-order valence-corrected chi connectivity index (χ4v) is 2.77. The van der Waals surface area contributed by atoms with Gasteiger partial charge in [0.1, 0.15) is 5.15 Å². The number of aryl methyl sites for hydroxylation is 2. The number of hydrogen-bond donors (Lipinski definition) is 1. The molecule has 1 aromatic heterocycles. The SMILES string of the molecule is CCCNC(Cc1c(C)nn(C)c1Cl)CC(C)C(C)(C)C. The number of halogens is 1. The Morgan fingerprint density at radius 3 is 2.38 bits per heavy atom. The summed E-state index contributed by atoms with van der Waals surface area (Å²) in [5, 5.41) is 8.89. The third-order valence-corrected chi connectivity index (χ3v) is 4.99. The largest absolute Gasteiger partial charge is 0.314 e. The van der Waals surface area contributed by atoms with Crippen LogP contribution in [0.15, 0.2) is 0 Å². The minimum absolute atomic E-state index is 0.333. The first-order valence-corrected chi connectivity index (χ1v) is 8.46. The van der Waals surface area contributed by atoms with Gasteiger partial charge in [-0.3, -0.25) is 4.68 Å². The van der Waals surface area contributed by atoms with Gasteiger partial charge in [0.2, 0.25) is 0 Å². The van der Waals surface area contributed by atoms with Crippen molar-refractivity contribution < 1.29 is 0 Å². The molecule has 3 nitrogen and oxygen atoms in total. The van der Waals surface area contributed by atoms with Crippen LogP contribution in [0.4, 0.5) is 0 Å². The molecule has 0 saturated carbocycles. The van der Waals surface area contributed by atoms with Crippen molar-refractivity contribution >= 4 is 11.6 Å². The highest BCUT2D eigenvalue weighted by Gasteiger charge is 2.25. The Balaban J connectivity index is 2.83. The van der Waals surface area contributed by atoms with Gasteiger partial charge in [-0.25, -0.2) is 0 Å². The molecule has 1 rings (SSSR count). The van der Waals surface area contributed by atoms with E-state index in [0.717, 1.165) is 36.7 Å². The number of rotatable bonds is 7. The summed E-state index contributed by atoms with van der Waals surface area (Å²) < 4.78 is 1.77. The molecule has 0 bridgehead atoms. The van der Waals surface area contributed by atoms with Crippen molar-refractivity contribution in [1.29, 1.82) is 0 Å². The second kappa shape index (κ2) is 7.64. The summed E-state index contributed by atoms with van der Waals surface area (Å²) in [6.07, 6.45) is 3.27. The molecule has 0 aromatic carbocycles. The molecule has 0 aliphatic rings. The first kappa shape index (κ1) is 18.5. The molecule has 0 aliphatic carbocycles. The Kier molecular flexibility index (Phi) is 6.73. The average molecular weight is 314 g/mol. The monoisotopic (exact) mass is 313 g/mol. The normalized spacial score (nSPS) is 15.2. The van der Waals surface area contributed by atoms with Gasteiger partial charge < -0.3 is 5.32 Å². The van der Waals surface area contributed by atoms with E-state index in [9.17, 15) is 0 Å². The van der Waals surface area contributed by atoms with Crippen LogP contribution in [0.3, 0.4) is 0 Å². The predicted molar refractivity (Wildman–Crippen MR) is 92.0 cm³/mol. The number of aromatic nitrogens is 2. The van der Waals surface area contributed by atoms with Crippen LogP contribution < -0.4 is 5.32 Å². The minimum Gasteiger partial charge on any atom is -0.314 e. The van der Waals surface area contributed by atoms with Crippen molar-refractivity contribution in [3.05, 3.63) is 16.4 Å². The van der Waals surface area contributed by atoms with Gasteiger partial charge in [-0.2, -0.15) is 5.10 Å². The van der Waals surface area contributed by atoms with E-state index >= 15 is 0 Å². The van der Waals surface area contributed by atoms with E-state index in [-0.39, 0.29) is 0 Å². The second-order valence-electron chi connectivity index (χ2n) is 7.34. The van der Waals surface area contributed by atoms with Crippen LogP contribution in [0, 0.1) is 18.3 Å². The van der Waals surface area contributed by atoms with E-state index in [4.69, 9.17) is 11.6 Å². The van der Waals surface area contributed by atoms with Gasteiger partial charge in [0, 0.05) is 18.7 Å². The molecule has 0 amide bonds. The Hall–Kier alpha value is -0.540. The Morgan fingerprint density at radius 1 is 1.33 bits per heavy atom. The zero-order valence-electron chi connectivity index (χ0n) is 14.8. The summed E-state index contributed by atoms with van der Waals surface area (Å²) in [7, 11) is 1.91. The first-order valence-electron chi connectivity index (χ1n) is 8.08. The molecule has 1 aromatic rings. The summed E-state index contributed by atoms with van der Waals surface area (Å²) in [6.45, 7) is 14.6. The van der Waals surface area contributed by atoms with Crippen LogP contribution in [0.5, 0.6) is 0 Å². The molecule has 4 heteroatoms. The lowest BCUT2D eigenvalue weighted by Crippen LogP contribution is -2.36. The lowest BCUT2D eigenvalue weighted by Gasteiger charge is -2.31. The lowest BCUT2D eigenvalue weighted by atomic mass is 9.78. The van der Waals surface area contributed by atoms with Gasteiger partial charge in [0.25, 0.3) is 0 Å². The Bertz CT molecular complexity index is 446. The molecule has 0 saturated heterocycles. The van der Waals surface area contributed by atoms with Crippen molar-refractivity contribution in [2.45, 2.75) is 66.8 Å². The smallest absolute Gasteiger partial charge is 0.130 e. The van der Waals surface area contributed by atoms with Crippen molar-refractivity contribution in [3.8, 4) is 0 Å². The molecular weight excluding hydrogens is 282 g/mol. The molecule has 0 aliphatic heterocycles.